The monoisotopic (exact) mass is 456 g/mol. The summed E-state index contributed by atoms with van der Waals surface area (Å²) in [6.07, 6.45) is 42.2. The SMILES string of the molecule is C=CCC=CCCCCCCCCC(=O)CCCCCCCCC=CCC=CCCCCC. The van der Waals surface area contributed by atoms with Gasteiger partial charge in [-0.25, -0.2) is 0 Å². The molecule has 0 saturated carbocycles. The number of ketones is 1. The Morgan fingerprint density at radius 1 is 0.515 bits per heavy atom. The van der Waals surface area contributed by atoms with Crippen LogP contribution in [0.25, 0.3) is 0 Å². The molecule has 0 atom stereocenters. The van der Waals surface area contributed by atoms with Crippen LogP contribution in [0.2, 0.25) is 0 Å². The maximum atomic E-state index is 12.0. The summed E-state index contributed by atoms with van der Waals surface area (Å²) in [6.45, 7) is 5.98. The Morgan fingerprint density at radius 2 is 0.909 bits per heavy atom. The van der Waals surface area contributed by atoms with E-state index in [0.29, 0.717) is 5.78 Å². The Bertz CT molecular complexity index is 497. The van der Waals surface area contributed by atoms with Gasteiger partial charge in [0.25, 0.3) is 0 Å². The van der Waals surface area contributed by atoms with Gasteiger partial charge >= 0.3 is 0 Å². The Kier molecular flexibility index (Phi) is 27.5. The lowest BCUT2D eigenvalue weighted by atomic mass is 10.0. The van der Waals surface area contributed by atoms with Crippen molar-refractivity contribution in [3.63, 3.8) is 0 Å². The summed E-state index contributed by atoms with van der Waals surface area (Å²) in [5, 5.41) is 0. The number of allylic oxidation sites excluding steroid dienone is 7. The van der Waals surface area contributed by atoms with Crippen molar-refractivity contribution in [3.05, 3.63) is 49.1 Å². The molecule has 0 N–H and O–H groups in total. The minimum atomic E-state index is 0.493. The van der Waals surface area contributed by atoms with Crippen LogP contribution in [0.1, 0.15) is 148 Å². The smallest absolute Gasteiger partial charge is 0.132 e. The minimum absolute atomic E-state index is 0.493. The van der Waals surface area contributed by atoms with E-state index in [4.69, 9.17) is 0 Å². The third-order valence-electron chi connectivity index (χ3n) is 6.20. The van der Waals surface area contributed by atoms with Gasteiger partial charge in [-0.05, 0) is 64.2 Å². The molecule has 1 heteroatoms. The number of hydrogen-bond donors (Lipinski definition) is 0. The topological polar surface area (TPSA) is 17.1 Å². The van der Waals surface area contributed by atoms with E-state index in [1.807, 2.05) is 6.08 Å². The highest BCUT2D eigenvalue weighted by Gasteiger charge is 2.02. The molecule has 0 aliphatic rings. The molecule has 0 amide bonds. The van der Waals surface area contributed by atoms with Crippen molar-refractivity contribution < 1.29 is 4.79 Å². The zero-order valence-electron chi connectivity index (χ0n) is 22.2. The van der Waals surface area contributed by atoms with Gasteiger partial charge < -0.3 is 0 Å². The van der Waals surface area contributed by atoms with Crippen LogP contribution in [-0.2, 0) is 4.79 Å². The summed E-state index contributed by atoms with van der Waals surface area (Å²) < 4.78 is 0. The molecular formula is C32H56O. The molecule has 0 aliphatic heterocycles. The van der Waals surface area contributed by atoms with Crippen LogP contribution < -0.4 is 0 Å². The molecule has 0 fully saturated rings. The molecule has 33 heavy (non-hydrogen) atoms. The van der Waals surface area contributed by atoms with Crippen molar-refractivity contribution in [2.45, 2.75) is 148 Å². The van der Waals surface area contributed by atoms with Crippen LogP contribution in [0.4, 0.5) is 0 Å². The van der Waals surface area contributed by atoms with Crippen molar-refractivity contribution in [1.82, 2.24) is 0 Å². The fourth-order valence-corrected chi connectivity index (χ4v) is 4.04. The fraction of sp³-hybridized carbons (Fsp3) is 0.719. The molecule has 190 valence electrons. The van der Waals surface area contributed by atoms with E-state index in [9.17, 15) is 4.79 Å². The molecule has 1 nitrogen and oxygen atoms in total. The van der Waals surface area contributed by atoms with Crippen LogP contribution in [0.3, 0.4) is 0 Å². The predicted octanol–water partition coefficient (Wildman–Crippen LogP) is 11.0. The highest BCUT2D eigenvalue weighted by atomic mass is 16.1. The summed E-state index contributed by atoms with van der Waals surface area (Å²) in [4.78, 5) is 12.0. The van der Waals surface area contributed by atoms with Gasteiger partial charge in [-0.1, -0.05) is 114 Å². The lowest BCUT2D eigenvalue weighted by Gasteiger charge is -2.03. The van der Waals surface area contributed by atoms with Crippen molar-refractivity contribution in [3.8, 4) is 0 Å². The molecule has 0 aliphatic carbocycles. The lowest BCUT2D eigenvalue weighted by molar-refractivity contribution is -0.119. The van der Waals surface area contributed by atoms with E-state index in [0.717, 1.165) is 38.5 Å². The van der Waals surface area contributed by atoms with E-state index < -0.39 is 0 Å². The van der Waals surface area contributed by atoms with Crippen LogP contribution in [0, 0.1) is 0 Å². The summed E-state index contributed by atoms with van der Waals surface area (Å²) in [6, 6.07) is 0. The van der Waals surface area contributed by atoms with Gasteiger partial charge in [-0.3, -0.25) is 4.79 Å². The number of carbonyl (C=O) groups is 1. The van der Waals surface area contributed by atoms with Gasteiger partial charge in [-0.2, -0.15) is 0 Å². The third-order valence-corrected chi connectivity index (χ3v) is 6.20. The van der Waals surface area contributed by atoms with E-state index in [1.165, 1.54) is 103 Å². The Labute approximate surface area is 207 Å². The fourth-order valence-electron chi connectivity index (χ4n) is 4.04. The van der Waals surface area contributed by atoms with Gasteiger partial charge in [0, 0.05) is 12.8 Å². The number of carbonyl (C=O) groups excluding carboxylic acids is 1. The second kappa shape index (κ2) is 28.7. The van der Waals surface area contributed by atoms with E-state index in [2.05, 4.69) is 50.0 Å². The first-order valence-corrected chi connectivity index (χ1v) is 14.4. The normalized spacial score (nSPS) is 11.9. The Morgan fingerprint density at radius 3 is 1.36 bits per heavy atom. The molecule has 0 aromatic rings. The van der Waals surface area contributed by atoms with Crippen LogP contribution in [-0.4, -0.2) is 5.78 Å². The highest BCUT2D eigenvalue weighted by molar-refractivity contribution is 5.78. The molecule has 0 spiro atoms. The Hall–Kier alpha value is -1.37. The molecule has 0 unspecified atom stereocenters. The summed E-state index contributed by atoms with van der Waals surface area (Å²) in [7, 11) is 0. The molecule has 0 aromatic heterocycles. The lowest BCUT2D eigenvalue weighted by Crippen LogP contribution is -1.97. The average Bonchev–Trinajstić information content (AvgIpc) is 2.82. The van der Waals surface area contributed by atoms with Crippen molar-refractivity contribution in [2.24, 2.45) is 0 Å². The number of rotatable bonds is 26. The zero-order chi connectivity index (χ0) is 24.1. The van der Waals surface area contributed by atoms with Gasteiger partial charge in [-0.15, -0.1) is 6.58 Å². The quantitative estimate of drug-likeness (QED) is 0.0934. The van der Waals surface area contributed by atoms with Gasteiger partial charge in [0.2, 0.25) is 0 Å². The highest BCUT2D eigenvalue weighted by Crippen LogP contribution is 2.13. The maximum absolute atomic E-state index is 12.0. The first-order valence-electron chi connectivity index (χ1n) is 14.4. The zero-order valence-corrected chi connectivity index (χ0v) is 22.2. The molecule has 0 radical (unpaired) electrons. The number of Topliss-reactive ketones (excluding diaryl/α,β-unsaturated/α-hetero) is 1. The third kappa shape index (κ3) is 28.6. The summed E-state index contributed by atoms with van der Waals surface area (Å²) in [5.74, 6) is 0.493. The van der Waals surface area contributed by atoms with Crippen LogP contribution in [0.5, 0.6) is 0 Å². The standard InChI is InChI=1S/C32H56O/c1-3-5-7-9-11-13-15-16-17-18-19-21-23-25-27-29-31-32(33)30-28-26-24-22-20-14-12-10-8-6-4-2/h4,8,10-11,13,16-17H,2-3,5-7,9,12,14-15,18-31H2,1H3. The number of unbranched alkanes of at least 4 members (excludes halogenated alkanes) is 15. The van der Waals surface area contributed by atoms with Crippen LogP contribution >= 0.6 is 0 Å². The maximum Gasteiger partial charge on any atom is 0.132 e. The number of hydrogen-bond acceptors (Lipinski definition) is 1. The predicted molar refractivity (Wildman–Crippen MR) is 150 cm³/mol. The van der Waals surface area contributed by atoms with Gasteiger partial charge in [0.15, 0.2) is 0 Å². The summed E-state index contributed by atoms with van der Waals surface area (Å²) in [5.41, 5.74) is 0. The second-order valence-corrected chi connectivity index (χ2v) is 9.53. The van der Waals surface area contributed by atoms with Gasteiger partial charge in [0.1, 0.15) is 5.78 Å². The van der Waals surface area contributed by atoms with Crippen molar-refractivity contribution in [1.29, 1.82) is 0 Å². The molecule has 0 heterocycles. The molecular weight excluding hydrogens is 400 g/mol. The first-order chi connectivity index (χ1) is 16.3. The van der Waals surface area contributed by atoms with Crippen molar-refractivity contribution in [2.75, 3.05) is 0 Å². The molecule has 0 aromatic carbocycles. The largest absolute Gasteiger partial charge is 0.300 e. The van der Waals surface area contributed by atoms with E-state index in [-0.39, 0.29) is 0 Å². The average molecular weight is 457 g/mol. The van der Waals surface area contributed by atoms with Crippen molar-refractivity contribution >= 4 is 5.78 Å². The summed E-state index contributed by atoms with van der Waals surface area (Å²) >= 11 is 0. The minimum Gasteiger partial charge on any atom is -0.300 e. The first kappa shape index (κ1) is 31.6. The van der Waals surface area contributed by atoms with Gasteiger partial charge in [0.05, 0.1) is 0 Å². The van der Waals surface area contributed by atoms with Crippen LogP contribution in [0.15, 0.2) is 49.1 Å². The van der Waals surface area contributed by atoms with E-state index in [1.54, 1.807) is 0 Å². The Balaban J connectivity index is 3.27. The second-order valence-electron chi connectivity index (χ2n) is 9.53. The molecule has 0 saturated heterocycles. The molecule has 0 bridgehead atoms. The van der Waals surface area contributed by atoms with E-state index >= 15 is 0 Å². The molecule has 0 rings (SSSR count).